The number of ether oxygens (including phenoxy) is 3. The van der Waals surface area contributed by atoms with Crippen molar-refractivity contribution in [3.05, 3.63) is 42.5 Å². The van der Waals surface area contributed by atoms with Gasteiger partial charge in [0.05, 0.1) is 44.7 Å². The lowest BCUT2D eigenvalue weighted by Gasteiger charge is -2.40. The van der Waals surface area contributed by atoms with E-state index in [1.807, 2.05) is 24.3 Å². The molecule has 1 aromatic carbocycles. The van der Waals surface area contributed by atoms with Crippen LogP contribution in [0.3, 0.4) is 0 Å². The lowest BCUT2D eigenvalue weighted by Crippen LogP contribution is -2.47. The second-order valence-corrected chi connectivity index (χ2v) is 17.0. The Morgan fingerprint density at radius 3 is 2.28 bits per heavy atom. The zero-order valence-electron chi connectivity index (χ0n) is 23.9. The van der Waals surface area contributed by atoms with Gasteiger partial charge in [-0.25, -0.2) is 0 Å². The van der Waals surface area contributed by atoms with Gasteiger partial charge in [-0.05, 0) is 48.7 Å². The van der Waals surface area contributed by atoms with Gasteiger partial charge < -0.3 is 28.8 Å². The van der Waals surface area contributed by atoms with Crippen LogP contribution in [-0.4, -0.2) is 63.3 Å². The van der Waals surface area contributed by atoms with Crippen LogP contribution in [0.2, 0.25) is 18.1 Å². The van der Waals surface area contributed by atoms with Gasteiger partial charge in [0.2, 0.25) is 0 Å². The van der Waals surface area contributed by atoms with Crippen LogP contribution >= 0.6 is 0 Å². The summed E-state index contributed by atoms with van der Waals surface area (Å²) in [6.07, 6.45) is 0.901. The summed E-state index contributed by atoms with van der Waals surface area (Å²) in [6.45, 7) is 22.7. The first-order valence-electron chi connectivity index (χ1n) is 13.2. The van der Waals surface area contributed by atoms with E-state index in [1.165, 1.54) is 0 Å². The molecule has 2 N–H and O–H groups in total. The molecule has 1 unspecified atom stereocenters. The molecule has 1 heterocycles. The molecule has 7 atom stereocenters. The van der Waals surface area contributed by atoms with Crippen molar-refractivity contribution >= 4 is 8.32 Å². The van der Waals surface area contributed by atoms with E-state index in [9.17, 15) is 10.2 Å². The van der Waals surface area contributed by atoms with Crippen molar-refractivity contribution in [2.75, 3.05) is 26.9 Å². The van der Waals surface area contributed by atoms with Crippen molar-refractivity contribution in [2.24, 2.45) is 23.7 Å². The van der Waals surface area contributed by atoms with Gasteiger partial charge in [0.25, 0.3) is 0 Å². The fraction of sp³-hybridized carbons (Fsp3) is 0.724. The Balaban J connectivity index is 2.04. The lowest BCUT2D eigenvalue weighted by molar-refractivity contribution is -0.0174. The maximum Gasteiger partial charge on any atom is 0.191 e. The Morgan fingerprint density at radius 2 is 1.78 bits per heavy atom. The molecule has 0 aliphatic carbocycles. The Kier molecular flexibility index (Phi) is 10.8. The van der Waals surface area contributed by atoms with Crippen molar-refractivity contribution in [3.63, 3.8) is 0 Å². The Morgan fingerprint density at radius 1 is 1.17 bits per heavy atom. The normalized spacial score (nSPS) is 24.5. The number of methoxy groups -OCH3 is 1. The SMILES string of the molecule is C=C[C@@H](CO)[C@@H](O)[C@H](CO[Si](C)(C)C(C)(C)C)[C@H](C)C1(C)O[C@@H]1[C@@H](C)COCc1ccc(OC)cc1. The molecule has 0 amide bonds. The van der Waals surface area contributed by atoms with E-state index in [1.54, 1.807) is 13.2 Å². The summed E-state index contributed by atoms with van der Waals surface area (Å²) in [5.74, 6) is 0.434. The van der Waals surface area contributed by atoms with Crippen LogP contribution in [0.1, 0.15) is 47.1 Å². The molecule has 1 saturated heterocycles. The summed E-state index contributed by atoms with van der Waals surface area (Å²) in [6, 6.07) is 7.89. The van der Waals surface area contributed by atoms with Crippen molar-refractivity contribution in [1.82, 2.24) is 0 Å². The highest BCUT2D eigenvalue weighted by atomic mass is 28.4. The molecule has 0 bridgehead atoms. The van der Waals surface area contributed by atoms with Gasteiger partial charge in [-0.2, -0.15) is 0 Å². The smallest absolute Gasteiger partial charge is 0.191 e. The number of hydrogen-bond donors (Lipinski definition) is 2. The number of rotatable bonds is 15. The van der Waals surface area contributed by atoms with Crippen molar-refractivity contribution < 1.29 is 28.8 Å². The third-order valence-corrected chi connectivity index (χ3v) is 13.1. The fourth-order valence-corrected chi connectivity index (χ4v) is 5.63. The third-order valence-electron chi connectivity index (χ3n) is 8.59. The summed E-state index contributed by atoms with van der Waals surface area (Å²) < 4.78 is 24.1. The highest BCUT2D eigenvalue weighted by Crippen LogP contribution is 2.50. The van der Waals surface area contributed by atoms with Gasteiger partial charge in [-0.1, -0.05) is 52.8 Å². The molecule has 1 aliphatic rings. The number of benzene rings is 1. The summed E-state index contributed by atoms with van der Waals surface area (Å²) in [7, 11) is -0.358. The maximum atomic E-state index is 11.3. The number of aliphatic hydroxyl groups excluding tert-OH is 2. The Bertz CT molecular complexity index is 820. The van der Waals surface area contributed by atoms with Crippen molar-refractivity contribution in [3.8, 4) is 5.75 Å². The van der Waals surface area contributed by atoms with E-state index in [0.29, 0.717) is 19.8 Å². The zero-order chi connectivity index (χ0) is 27.3. The fourth-order valence-electron chi connectivity index (χ4n) is 4.58. The molecule has 36 heavy (non-hydrogen) atoms. The molecule has 206 valence electrons. The standard InChI is InChI=1S/C29H50O6Si/c1-11-23(16-30)26(31)25(19-34-36(9,10)28(4,5)6)21(3)29(7)27(35-29)20(2)17-33-18-22-12-14-24(32-8)15-13-22/h11-15,20-21,23,25-27,30-31H,1,16-19H2,2-10H3/t20-,21-,23-,25+,26+,27+,29?/m0/s1. The molecule has 0 aromatic heterocycles. The molecular weight excluding hydrogens is 472 g/mol. The van der Waals surface area contributed by atoms with Crippen LogP contribution in [0.5, 0.6) is 5.75 Å². The predicted molar refractivity (Wildman–Crippen MR) is 148 cm³/mol. The summed E-state index contributed by atoms with van der Waals surface area (Å²) in [4.78, 5) is 0. The minimum atomic E-state index is -2.02. The van der Waals surface area contributed by atoms with Crippen LogP contribution in [0.25, 0.3) is 0 Å². The van der Waals surface area contributed by atoms with Gasteiger partial charge in [0.1, 0.15) is 5.75 Å². The van der Waals surface area contributed by atoms with E-state index in [4.69, 9.17) is 18.6 Å². The average molecular weight is 523 g/mol. The minimum absolute atomic E-state index is 0.0142. The molecular formula is C29H50O6Si. The molecule has 2 rings (SSSR count). The quantitative estimate of drug-likeness (QED) is 0.181. The molecule has 7 heteroatoms. The first-order valence-corrected chi connectivity index (χ1v) is 16.1. The zero-order valence-corrected chi connectivity index (χ0v) is 24.9. The van der Waals surface area contributed by atoms with E-state index in [-0.39, 0.29) is 35.5 Å². The topological polar surface area (TPSA) is 80.7 Å². The maximum absolute atomic E-state index is 11.3. The molecule has 1 aliphatic heterocycles. The molecule has 6 nitrogen and oxygen atoms in total. The van der Waals surface area contributed by atoms with Crippen LogP contribution < -0.4 is 4.74 Å². The summed E-state index contributed by atoms with van der Waals surface area (Å²) in [5.41, 5.74) is 0.702. The van der Waals surface area contributed by atoms with Crippen LogP contribution in [0.15, 0.2) is 36.9 Å². The average Bonchev–Trinajstić information content (AvgIpc) is 3.52. The monoisotopic (exact) mass is 522 g/mol. The van der Waals surface area contributed by atoms with Gasteiger partial charge >= 0.3 is 0 Å². The second kappa shape index (κ2) is 12.5. The van der Waals surface area contributed by atoms with E-state index in [0.717, 1.165) is 11.3 Å². The van der Waals surface area contributed by atoms with Gasteiger partial charge in [0, 0.05) is 24.4 Å². The van der Waals surface area contributed by atoms with E-state index < -0.39 is 25.9 Å². The van der Waals surface area contributed by atoms with Crippen molar-refractivity contribution in [1.29, 1.82) is 0 Å². The Labute approximate surface area is 220 Å². The summed E-state index contributed by atoms with van der Waals surface area (Å²) in [5, 5.41) is 21.2. The second-order valence-electron chi connectivity index (χ2n) is 12.2. The summed E-state index contributed by atoms with van der Waals surface area (Å²) >= 11 is 0. The van der Waals surface area contributed by atoms with Gasteiger partial charge in [-0.15, -0.1) is 6.58 Å². The first kappa shape index (κ1) is 31.0. The number of epoxide rings is 1. The molecule has 0 spiro atoms. The van der Waals surface area contributed by atoms with Gasteiger partial charge in [0.15, 0.2) is 8.32 Å². The van der Waals surface area contributed by atoms with Gasteiger partial charge in [-0.3, -0.25) is 0 Å². The largest absolute Gasteiger partial charge is 0.497 e. The third kappa shape index (κ3) is 7.42. The lowest BCUT2D eigenvalue weighted by atomic mass is 9.75. The van der Waals surface area contributed by atoms with Crippen LogP contribution in [0, 0.1) is 23.7 Å². The van der Waals surface area contributed by atoms with Crippen LogP contribution in [-0.2, 0) is 20.5 Å². The molecule has 1 fully saturated rings. The van der Waals surface area contributed by atoms with E-state index in [2.05, 4.69) is 61.2 Å². The Hall–Kier alpha value is -1.22. The molecule has 0 radical (unpaired) electrons. The minimum Gasteiger partial charge on any atom is -0.497 e. The molecule has 1 aromatic rings. The van der Waals surface area contributed by atoms with Crippen molar-refractivity contribution in [2.45, 2.75) is 84.1 Å². The highest BCUT2D eigenvalue weighted by molar-refractivity contribution is 6.74. The molecule has 0 saturated carbocycles. The van der Waals surface area contributed by atoms with Crippen LogP contribution in [0.4, 0.5) is 0 Å². The number of hydrogen-bond acceptors (Lipinski definition) is 6. The predicted octanol–water partition coefficient (Wildman–Crippen LogP) is 5.43. The highest BCUT2D eigenvalue weighted by Gasteiger charge is 2.60. The number of aliphatic hydroxyl groups is 2. The van der Waals surface area contributed by atoms with E-state index >= 15 is 0 Å². The first-order chi connectivity index (χ1) is 16.7.